The maximum atomic E-state index is 11.1. The highest BCUT2D eigenvalue weighted by Gasteiger charge is 2.36. The molecule has 1 amide bonds. The summed E-state index contributed by atoms with van der Waals surface area (Å²) in [6, 6.07) is -0.626. The normalized spacial score (nSPS) is 30.1. The number of nitrogens with one attached hydrogen (secondary N) is 1. The van der Waals surface area contributed by atoms with Crippen LogP contribution in [0.25, 0.3) is 0 Å². The number of aliphatic hydroxyl groups is 1. The van der Waals surface area contributed by atoms with Gasteiger partial charge >= 0.3 is 0 Å². The average molecular weight is 221 g/mol. The first-order valence-corrected chi connectivity index (χ1v) is 6.44. The van der Waals surface area contributed by atoms with Gasteiger partial charge in [0.2, 0.25) is 5.91 Å². The van der Waals surface area contributed by atoms with Crippen LogP contribution in [0.4, 0.5) is 0 Å². The number of carbonyl (C=O) groups excluding carboxylic acids is 1. The lowest BCUT2D eigenvalue weighted by Gasteiger charge is -2.14. The highest BCUT2D eigenvalue weighted by molar-refractivity contribution is 7.91. The molecule has 0 unspecified atom stereocenters. The summed E-state index contributed by atoms with van der Waals surface area (Å²) in [6.45, 7) is 1.86. The van der Waals surface area contributed by atoms with Crippen LogP contribution in [0, 0.1) is 0 Å². The molecule has 0 saturated carbocycles. The van der Waals surface area contributed by atoms with Crippen molar-refractivity contribution in [1.82, 2.24) is 5.32 Å². The molecule has 82 valence electrons. The minimum Gasteiger partial charge on any atom is -0.390 e. The second-order valence-electron chi connectivity index (χ2n) is 3.57. The van der Waals surface area contributed by atoms with Crippen molar-refractivity contribution >= 4 is 15.7 Å². The van der Waals surface area contributed by atoms with Gasteiger partial charge in [0.25, 0.3) is 0 Å². The van der Waals surface area contributed by atoms with Gasteiger partial charge < -0.3 is 10.4 Å². The summed E-state index contributed by atoms with van der Waals surface area (Å²) in [5.74, 6) is -0.595. The van der Waals surface area contributed by atoms with Crippen molar-refractivity contribution in [3.63, 3.8) is 0 Å². The van der Waals surface area contributed by atoms with Crippen LogP contribution in [0.3, 0.4) is 0 Å². The number of rotatable bonds is 3. The minimum atomic E-state index is -3.17. The molecule has 0 aliphatic carbocycles. The molecule has 0 bridgehead atoms. The van der Waals surface area contributed by atoms with Crippen LogP contribution in [0.15, 0.2) is 0 Å². The molecule has 1 rings (SSSR count). The fourth-order valence-corrected chi connectivity index (χ4v) is 3.21. The lowest BCUT2D eigenvalue weighted by molar-refractivity contribution is -0.122. The highest BCUT2D eigenvalue weighted by Crippen LogP contribution is 2.12. The van der Waals surface area contributed by atoms with E-state index in [4.69, 9.17) is 0 Å². The van der Waals surface area contributed by atoms with E-state index >= 15 is 0 Å². The van der Waals surface area contributed by atoms with Gasteiger partial charge in [0.1, 0.15) is 0 Å². The van der Waals surface area contributed by atoms with Gasteiger partial charge in [-0.3, -0.25) is 4.79 Å². The first-order valence-electron chi connectivity index (χ1n) is 4.62. The van der Waals surface area contributed by atoms with Crippen molar-refractivity contribution < 1.29 is 18.3 Å². The Morgan fingerprint density at radius 1 is 1.50 bits per heavy atom. The number of carbonyl (C=O) groups is 1. The van der Waals surface area contributed by atoms with Gasteiger partial charge in [-0.2, -0.15) is 0 Å². The smallest absolute Gasteiger partial charge is 0.220 e. The molecule has 0 aromatic heterocycles. The van der Waals surface area contributed by atoms with E-state index in [2.05, 4.69) is 5.32 Å². The van der Waals surface area contributed by atoms with E-state index in [1.165, 1.54) is 0 Å². The van der Waals surface area contributed by atoms with Gasteiger partial charge in [-0.25, -0.2) is 8.42 Å². The first kappa shape index (κ1) is 11.5. The zero-order valence-electron chi connectivity index (χ0n) is 8.06. The lowest BCUT2D eigenvalue weighted by Crippen LogP contribution is -2.42. The van der Waals surface area contributed by atoms with E-state index in [1.807, 2.05) is 6.92 Å². The molecule has 14 heavy (non-hydrogen) atoms. The van der Waals surface area contributed by atoms with Crippen molar-refractivity contribution in [3.8, 4) is 0 Å². The number of hydrogen-bond donors (Lipinski definition) is 2. The van der Waals surface area contributed by atoms with Gasteiger partial charge in [0, 0.05) is 6.42 Å². The number of hydrogen-bond acceptors (Lipinski definition) is 4. The first-order chi connectivity index (χ1) is 6.44. The Morgan fingerprint density at radius 2 is 2.14 bits per heavy atom. The van der Waals surface area contributed by atoms with Gasteiger partial charge in [0.05, 0.1) is 23.7 Å². The van der Waals surface area contributed by atoms with Gasteiger partial charge in [-0.1, -0.05) is 6.92 Å². The zero-order valence-corrected chi connectivity index (χ0v) is 8.88. The second-order valence-corrected chi connectivity index (χ2v) is 5.72. The molecule has 2 N–H and O–H groups in total. The van der Waals surface area contributed by atoms with Gasteiger partial charge in [-0.05, 0) is 6.42 Å². The molecular formula is C8H15NO4S. The number of sulfone groups is 1. The van der Waals surface area contributed by atoms with Crippen molar-refractivity contribution in [3.05, 3.63) is 0 Å². The average Bonchev–Trinajstić information content (AvgIpc) is 2.25. The van der Waals surface area contributed by atoms with Crippen LogP contribution in [0.5, 0.6) is 0 Å². The van der Waals surface area contributed by atoms with E-state index in [-0.39, 0.29) is 17.4 Å². The molecule has 1 saturated heterocycles. The van der Waals surface area contributed by atoms with Crippen LogP contribution in [-0.4, -0.2) is 43.1 Å². The quantitative estimate of drug-likeness (QED) is 0.644. The summed E-state index contributed by atoms with van der Waals surface area (Å²) in [5.41, 5.74) is 0. The summed E-state index contributed by atoms with van der Waals surface area (Å²) in [4.78, 5) is 11.1. The maximum Gasteiger partial charge on any atom is 0.220 e. The third kappa shape index (κ3) is 2.95. The third-order valence-electron chi connectivity index (χ3n) is 2.15. The Morgan fingerprint density at radius 3 is 2.57 bits per heavy atom. The zero-order chi connectivity index (χ0) is 10.8. The molecular weight excluding hydrogens is 206 g/mol. The molecule has 0 radical (unpaired) electrons. The number of amides is 1. The topological polar surface area (TPSA) is 83.5 Å². The Bertz CT molecular complexity index is 311. The fraction of sp³-hybridized carbons (Fsp3) is 0.875. The molecule has 5 nitrogen and oxygen atoms in total. The monoisotopic (exact) mass is 221 g/mol. The minimum absolute atomic E-state index is 0.149. The van der Waals surface area contributed by atoms with E-state index < -0.39 is 22.0 Å². The van der Waals surface area contributed by atoms with E-state index in [9.17, 15) is 18.3 Å². The highest BCUT2D eigenvalue weighted by atomic mass is 32.2. The molecule has 2 atom stereocenters. The summed E-state index contributed by atoms with van der Waals surface area (Å²) >= 11 is 0. The Kier molecular flexibility index (Phi) is 3.49. The largest absolute Gasteiger partial charge is 0.390 e. The standard InChI is InChI=1S/C8H15NO4S/c1-2-3-8(11)9-6-4-14(12,13)5-7(6)10/h6-7,10H,2-5H2,1H3,(H,9,11)/t6-,7-/m0/s1. The van der Waals surface area contributed by atoms with Crippen LogP contribution in [0.2, 0.25) is 0 Å². The van der Waals surface area contributed by atoms with E-state index in [0.29, 0.717) is 12.8 Å². The summed E-state index contributed by atoms with van der Waals surface area (Å²) in [6.07, 6.45) is 0.116. The Balaban J connectivity index is 2.51. The van der Waals surface area contributed by atoms with Crippen molar-refractivity contribution in [2.75, 3.05) is 11.5 Å². The molecule has 1 aliphatic heterocycles. The van der Waals surface area contributed by atoms with Crippen LogP contribution in [-0.2, 0) is 14.6 Å². The molecule has 0 aromatic carbocycles. The summed E-state index contributed by atoms with van der Waals surface area (Å²) < 4.78 is 22.2. The molecule has 1 fully saturated rings. The Hall–Kier alpha value is -0.620. The van der Waals surface area contributed by atoms with Gasteiger partial charge in [0.15, 0.2) is 9.84 Å². The SMILES string of the molecule is CCCC(=O)N[C@H]1CS(=O)(=O)C[C@@H]1O. The fourth-order valence-electron chi connectivity index (χ4n) is 1.47. The number of aliphatic hydroxyl groups excluding tert-OH is 1. The van der Waals surface area contributed by atoms with Crippen LogP contribution >= 0.6 is 0 Å². The molecule has 0 spiro atoms. The van der Waals surface area contributed by atoms with Crippen molar-refractivity contribution in [2.24, 2.45) is 0 Å². The molecule has 1 aliphatic rings. The maximum absolute atomic E-state index is 11.1. The predicted octanol–water partition coefficient (Wildman–Crippen LogP) is -0.939. The second kappa shape index (κ2) is 4.27. The molecule has 1 heterocycles. The van der Waals surface area contributed by atoms with Crippen molar-refractivity contribution in [2.45, 2.75) is 31.9 Å². The predicted molar refractivity (Wildman–Crippen MR) is 51.5 cm³/mol. The summed E-state index contributed by atoms with van der Waals surface area (Å²) in [5, 5.41) is 11.9. The van der Waals surface area contributed by atoms with E-state index in [1.54, 1.807) is 0 Å². The Labute approximate surface area is 83.4 Å². The molecule has 0 aromatic rings. The lowest BCUT2D eigenvalue weighted by atomic mass is 10.2. The van der Waals surface area contributed by atoms with Crippen LogP contribution < -0.4 is 5.32 Å². The van der Waals surface area contributed by atoms with Crippen LogP contribution in [0.1, 0.15) is 19.8 Å². The van der Waals surface area contributed by atoms with E-state index in [0.717, 1.165) is 0 Å². The summed E-state index contributed by atoms with van der Waals surface area (Å²) in [7, 11) is -3.17. The van der Waals surface area contributed by atoms with Gasteiger partial charge in [-0.15, -0.1) is 0 Å². The van der Waals surface area contributed by atoms with Crippen molar-refractivity contribution in [1.29, 1.82) is 0 Å². The third-order valence-corrected chi connectivity index (χ3v) is 3.86. The molecule has 6 heteroatoms.